The molecule has 2 atom stereocenters. The molecule has 1 aliphatic carbocycles. The highest BCUT2D eigenvalue weighted by Gasteiger charge is 2.57. The van der Waals surface area contributed by atoms with Gasteiger partial charge in [-0.05, 0) is 30.9 Å². The van der Waals surface area contributed by atoms with Crippen LogP contribution in [0.3, 0.4) is 0 Å². The number of benzene rings is 2. The number of likely N-dealkylation sites (tertiary alicyclic amines) is 1. The highest BCUT2D eigenvalue weighted by atomic mass is 16.6. The van der Waals surface area contributed by atoms with Crippen molar-refractivity contribution in [3.05, 3.63) is 69.8 Å². The number of urea groups is 1. The summed E-state index contributed by atoms with van der Waals surface area (Å²) in [6.45, 7) is 2.57. The molecule has 4 rings (SSSR count). The van der Waals surface area contributed by atoms with Crippen molar-refractivity contribution < 1.29 is 9.72 Å². The van der Waals surface area contributed by atoms with Gasteiger partial charge in [-0.25, -0.2) is 4.79 Å². The second-order valence-electron chi connectivity index (χ2n) is 7.53. The van der Waals surface area contributed by atoms with Crippen LogP contribution in [0.5, 0.6) is 0 Å². The van der Waals surface area contributed by atoms with E-state index in [2.05, 4.69) is 17.4 Å². The summed E-state index contributed by atoms with van der Waals surface area (Å²) in [5.41, 5.74) is 2.22. The van der Waals surface area contributed by atoms with Crippen LogP contribution in [0.15, 0.2) is 48.5 Å². The maximum absolute atomic E-state index is 13.1. The minimum atomic E-state index is -0.443. The predicted molar refractivity (Wildman–Crippen MR) is 104 cm³/mol. The average molecular weight is 365 g/mol. The summed E-state index contributed by atoms with van der Waals surface area (Å²) in [4.78, 5) is 25.6. The Labute approximate surface area is 158 Å². The Kier molecular flexibility index (Phi) is 4.34. The van der Waals surface area contributed by atoms with Crippen molar-refractivity contribution in [1.29, 1.82) is 0 Å². The zero-order chi connectivity index (χ0) is 19.0. The van der Waals surface area contributed by atoms with E-state index >= 15 is 0 Å². The Hall–Kier alpha value is -2.89. The molecule has 1 saturated carbocycles. The summed E-state index contributed by atoms with van der Waals surface area (Å²) in [5, 5.41) is 14.0. The molecule has 0 aromatic heterocycles. The number of hydrogen-bond acceptors (Lipinski definition) is 3. The molecule has 2 aromatic carbocycles. The summed E-state index contributed by atoms with van der Waals surface area (Å²) in [6, 6.07) is 14.6. The Balaban J connectivity index is 1.62. The van der Waals surface area contributed by atoms with Crippen molar-refractivity contribution in [1.82, 2.24) is 4.90 Å². The van der Waals surface area contributed by atoms with E-state index in [0.29, 0.717) is 11.6 Å². The molecule has 6 nitrogen and oxygen atoms in total. The van der Waals surface area contributed by atoms with E-state index in [9.17, 15) is 14.9 Å². The number of nitro groups is 1. The molecule has 1 N–H and O–H groups in total. The molecule has 2 amide bonds. The van der Waals surface area contributed by atoms with Crippen LogP contribution in [0.1, 0.15) is 36.8 Å². The lowest BCUT2D eigenvalue weighted by Crippen LogP contribution is -2.68. The van der Waals surface area contributed by atoms with Crippen molar-refractivity contribution in [3.63, 3.8) is 0 Å². The molecule has 140 valence electrons. The number of nitrogens with one attached hydrogen (secondary N) is 1. The first-order valence-corrected chi connectivity index (χ1v) is 9.41. The van der Waals surface area contributed by atoms with E-state index < -0.39 is 4.92 Å². The zero-order valence-electron chi connectivity index (χ0n) is 15.4. The van der Waals surface area contributed by atoms with Gasteiger partial charge in [0.25, 0.3) is 5.69 Å². The maximum Gasteiger partial charge on any atom is 0.322 e. The third-order valence-corrected chi connectivity index (χ3v) is 6.11. The number of non-ortho nitro benzene ring substituents is 1. The van der Waals surface area contributed by atoms with Crippen LogP contribution in [0, 0.1) is 23.0 Å². The number of anilines is 1. The third kappa shape index (κ3) is 2.85. The Morgan fingerprint density at radius 2 is 2.00 bits per heavy atom. The number of amides is 2. The normalized spacial score (nSPS) is 23.9. The van der Waals surface area contributed by atoms with Crippen molar-refractivity contribution in [3.8, 4) is 0 Å². The van der Waals surface area contributed by atoms with Gasteiger partial charge in [-0.3, -0.25) is 10.1 Å². The van der Waals surface area contributed by atoms with Gasteiger partial charge in [0.2, 0.25) is 0 Å². The summed E-state index contributed by atoms with van der Waals surface area (Å²) < 4.78 is 0. The first-order valence-electron chi connectivity index (χ1n) is 9.41. The minimum absolute atomic E-state index is 0.0205. The van der Waals surface area contributed by atoms with E-state index in [4.69, 9.17) is 0 Å². The Morgan fingerprint density at radius 3 is 2.70 bits per heavy atom. The van der Waals surface area contributed by atoms with E-state index in [0.717, 1.165) is 31.4 Å². The Morgan fingerprint density at radius 1 is 1.22 bits per heavy atom. The molecule has 1 heterocycles. The van der Waals surface area contributed by atoms with Gasteiger partial charge < -0.3 is 10.2 Å². The lowest BCUT2D eigenvalue weighted by Gasteiger charge is -2.61. The zero-order valence-corrected chi connectivity index (χ0v) is 15.4. The maximum atomic E-state index is 13.1. The van der Waals surface area contributed by atoms with Crippen LogP contribution in [0.2, 0.25) is 0 Å². The van der Waals surface area contributed by atoms with Crippen molar-refractivity contribution in [2.75, 3.05) is 11.9 Å². The van der Waals surface area contributed by atoms with Crippen LogP contribution in [-0.4, -0.2) is 22.4 Å². The highest BCUT2D eigenvalue weighted by molar-refractivity contribution is 5.92. The molecule has 1 aliphatic heterocycles. The number of carbonyl (C=O) groups is 1. The molecule has 6 heteroatoms. The van der Waals surface area contributed by atoms with E-state index in [1.807, 2.05) is 30.0 Å². The fraction of sp³-hybridized carbons (Fsp3) is 0.381. The molecule has 27 heavy (non-hydrogen) atoms. The molecular weight excluding hydrogens is 342 g/mol. The summed E-state index contributed by atoms with van der Waals surface area (Å²) in [7, 11) is 0. The van der Waals surface area contributed by atoms with Gasteiger partial charge in [-0.15, -0.1) is 0 Å². The molecule has 0 unspecified atom stereocenters. The van der Waals surface area contributed by atoms with E-state index in [-0.39, 0.29) is 17.3 Å². The van der Waals surface area contributed by atoms with Crippen LogP contribution < -0.4 is 5.32 Å². The van der Waals surface area contributed by atoms with Gasteiger partial charge in [-0.2, -0.15) is 0 Å². The molecule has 0 radical (unpaired) electrons. The van der Waals surface area contributed by atoms with E-state index in [1.165, 1.54) is 24.1 Å². The van der Waals surface area contributed by atoms with E-state index in [1.54, 1.807) is 6.07 Å². The molecule has 1 saturated heterocycles. The topological polar surface area (TPSA) is 75.5 Å². The second-order valence-corrected chi connectivity index (χ2v) is 7.53. The van der Waals surface area contributed by atoms with Crippen molar-refractivity contribution in [2.45, 2.75) is 38.1 Å². The Bertz CT molecular complexity index is 883. The summed E-state index contributed by atoms with van der Waals surface area (Å²) in [5.74, 6) is 0.477. The fourth-order valence-corrected chi connectivity index (χ4v) is 4.66. The monoisotopic (exact) mass is 365 g/mol. The number of aryl methyl sites for hydroxylation is 1. The first-order chi connectivity index (χ1) is 13.0. The van der Waals surface area contributed by atoms with Crippen molar-refractivity contribution in [2.24, 2.45) is 5.92 Å². The van der Waals surface area contributed by atoms with Crippen LogP contribution in [0.4, 0.5) is 16.2 Å². The second kappa shape index (κ2) is 6.68. The fourth-order valence-electron chi connectivity index (χ4n) is 4.66. The SMILES string of the molecule is Cc1ccc([N+](=O)[O-])cc1NC(=O)N1C[C@@H]2CCCC[C@@]21c1ccccc1. The predicted octanol–water partition coefficient (Wildman–Crippen LogP) is 4.84. The molecule has 0 bridgehead atoms. The van der Waals surface area contributed by atoms with Gasteiger partial charge in [0.05, 0.1) is 16.1 Å². The van der Waals surface area contributed by atoms with Crippen LogP contribution in [0.25, 0.3) is 0 Å². The number of carbonyl (C=O) groups excluding carboxylic acids is 1. The standard InChI is InChI=1S/C21H23N3O3/c1-15-10-11-18(24(26)27)13-19(15)22-20(25)23-14-17-9-5-6-12-21(17,23)16-7-3-2-4-8-16/h2-4,7-8,10-11,13,17H,5-6,9,12,14H2,1H3,(H,22,25)/t17-,21+/m0/s1. The van der Waals surface area contributed by atoms with Crippen molar-refractivity contribution >= 4 is 17.4 Å². The lowest BCUT2D eigenvalue weighted by molar-refractivity contribution is -0.384. The third-order valence-electron chi connectivity index (χ3n) is 6.11. The quantitative estimate of drug-likeness (QED) is 0.625. The summed E-state index contributed by atoms with van der Waals surface area (Å²) in [6.07, 6.45) is 4.40. The van der Waals surface area contributed by atoms with Gasteiger partial charge in [0.1, 0.15) is 0 Å². The first kappa shape index (κ1) is 17.5. The van der Waals surface area contributed by atoms with Gasteiger partial charge in [-0.1, -0.05) is 49.2 Å². The molecule has 2 aromatic rings. The summed E-state index contributed by atoms with van der Waals surface area (Å²) >= 11 is 0. The van der Waals surface area contributed by atoms with Crippen LogP contribution in [-0.2, 0) is 5.54 Å². The smallest absolute Gasteiger partial charge is 0.314 e. The number of nitro benzene ring substituents is 1. The van der Waals surface area contributed by atoms with Gasteiger partial charge in [0.15, 0.2) is 0 Å². The van der Waals surface area contributed by atoms with Crippen LogP contribution >= 0.6 is 0 Å². The lowest BCUT2D eigenvalue weighted by atomic mass is 9.62. The molecule has 2 aliphatic rings. The number of fused-ring (bicyclic) bond motifs is 1. The minimum Gasteiger partial charge on any atom is -0.314 e. The highest BCUT2D eigenvalue weighted by Crippen LogP contribution is 2.53. The molecular formula is C21H23N3O3. The van der Waals surface area contributed by atoms with Gasteiger partial charge >= 0.3 is 6.03 Å². The number of nitrogens with zero attached hydrogens (tertiary/aromatic N) is 2. The number of rotatable bonds is 3. The molecule has 0 spiro atoms. The number of hydrogen-bond donors (Lipinski definition) is 1. The largest absolute Gasteiger partial charge is 0.322 e. The average Bonchev–Trinajstić information content (AvgIpc) is 2.65. The van der Waals surface area contributed by atoms with Gasteiger partial charge in [0, 0.05) is 24.6 Å². The molecule has 2 fully saturated rings.